The minimum Gasteiger partial charge on any atom is -0.480 e. The summed E-state index contributed by atoms with van der Waals surface area (Å²) in [7, 11) is 0. The van der Waals surface area contributed by atoms with Gasteiger partial charge in [-0.3, -0.25) is 9.59 Å². The zero-order chi connectivity index (χ0) is 16.5. The summed E-state index contributed by atoms with van der Waals surface area (Å²) in [6.45, 7) is -0.954. The quantitative estimate of drug-likeness (QED) is 0.385. The number of rotatable bonds is 8. The van der Waals surface area contributed by atoms with Crippen molar-refractivity contribution < 1.29 is 24.6 Å². The van der Waals surface area contributed by atoms with E-state index in [0.717, 1.165) is 5.56 Å². The Morgan fingerprint density at radius 3 is 2.36 bits per heavy atom. The highest BCUT2D eigenvalue weighted by molar-refractivity contribution is 5.89. The van der Waals surface area contributed by atoms with E-state index in [1.807, 2.05) is 0 Å². The number of benzene rings is 1. The lowest BCUT2D eigenvalue weighted by Gasteiger charge is -2.15. The maximum absolute atomic E-state index is 11.7. The second-order valence-electron chi connectivity index (χ2n) is 4.65. The number of amides is 2. The van der Waals surface area contributed by atoms with E-state index >= 15 is 0 Å². The number of aliphatic hydroxyl groups is 1. The molecule has 8 nitrogen and oxygen atoms in total. The van der Waals surface area contributed by atoms with Gasteiger partial charge in [0.05, 0.1) is 13.2 Å². The van der Waals surface area contributed by atoms with Crippen molar-refractivity contribution in [2.75, 3.05) is 13.2 Å². The van der Waals surface area contributed by atoms with E-state index in [-0.39, 0.29) is 6.42 Å². The molecule has 1 aromatic rings. The molecule has 0 saturated carbocycles. The molecule has 0 unspecified atom stereocenters. The first-order valence-corrected chi connectivity index (χ1v) is 6.64. The predicted octanol–water partition coefficient (Wildman–Crippen LogP) is -1.77. The van der Waals surface area contributed by atoms with Gasteiger partial charge in [0.15, 0.2) is 0 Å². The van der Waals surface area contributed by atoms with E-state index in [9.17, 15) is 14.4 Å². The molecule has 120 valence electrons. The van der Waals surface area contributed by atoms with E-state index < -0.39 is 43.0 Å². The van der Waals surface area contributed by atoms with Gasteiger partial charge < -0.3 is 26.6 Å². The van der Waals surface area contributed by atoms with Gasteiger partial charge in [-0.2, -0.15) is 0 Å². The number of nitrogens with two attached hydrogens (primary N) is 1. The molecule has 1 aromatic carbocycles. The van der Waals surface area contributed by atoms with Crippen molar-refractivity contribution in [3.8, 4) is 0 Å². The van der Waals surface area contributed by atoms with Gasteiger partial charge in [0.1, 0.15) is 12.1 Å². The summed E-state index contributed by atoms with van der Waals surface area (Å²) in [5.41, 5.74) is 6.03. The molecule has 2 atom stereocenters. The van der Waals surface area contributed by atoms with Crippen LogP contribution in [0.3, 0.4) is 0 Å². The highest BCUT2D eigenvalue weighted by atomic mass is 16.4. The summed E-state index contributed by atoms with van der Waals surface area (Å²) in [6.07, 6.45) is 0.131. The molecule has 0 aromatic heterocycles. The molecule has 0 aliphatic carbocycles. The first-order chi connectivity index (χ1) is 10.4. The lowest BCUT2D eigenvalue weighted by Crippen LogP contribution is -2.49. The zero-order valence-corrected chi connectivity index (χ0v) is 11.9. The number of nitrogens with one attached hydrogen (secondary N) is 2. The summed E-state index contributed by atoms with van der Waals surface area (Å²) in [4.78, 5) is 34.1. The summed E-state index contributed by atoms with van der Waals surface area (Å²) in [5, 5.41) is 22.4. The summed E-state index contributed by atoms with van der Waals surface area (Å²) in [6, 6.07) is 6.64. The number of carbonyl (C=O) groups excluding carboxylic acids is 2. The Balaban J connectivity index is 2.51. The van der Waals surface area contributed by atoms with Crippen LogP contribution in [-0.4, -0.2) is 53.2 Å². The van der Waals surface area contributed by atoms with Crippen LogP contribution in [0.2, 0.25) is 0 Å². The smallest absolute Gasteiger partial charge is 0.326 e. The maximum Gasteiger partial charge on any atom is 0.326 e. The molecule has 0 spiro atoms. The minimum absolute atomic E-state index is 0.131. The van der Waals surface area contributed by atoms with Crippen molar-refractivity contribution in [1.29, 1.82) is 0 Å². The van der Waals surface area contributed by atoms with Crippen molar-refractivity contribution in [3.63, 3.8) is 0 Å². The van der Waals surface area contributed by atoms with Gasteiger partial charge in [-0.05, 0) is 5.56 Å². The van der Waals surface area contributed by atoms with Gasteiger partial charge >= 0.3 is 5.97 Å². The highest BCUT2D eigenvalue weighted by Crippen LogP contribution is 2.03. The molecule has 0 saturated heterocycles. The molecule has 22 heavy (non-hydrogen) atoms. The van der Waals surface area contributed by atoms with Crippen LogP contribution in [0.1, 0.15) is 5.56 Å². The first kappa shape index (κ1) is 17.6. The molecule has 0 bridgehead atoms. The predicted molar refractivity (Wildman–Crippen MR) is 77.8 cm³/mol. The molecule has 0 heterocycles. The van der Waals surface area contributed by atoms with Crippen LogP contribution in [0.25, 0.3) is 0 Å². The van der Waals surface area contributed by atoms with Crippen LogP contribution < -0.4 is 16.4 Å². The lowest BCUT2D eigenvalue weighted by molar-refractivity contribution is -0.141. The Morgan fingerprint density at radius 1 is 1.18 bits per heavy atom. The maximum atomic E-state index is 11.7. The van der Waals surface area contributed by atoms with Crippen LogP contribution >= 0.6 is 0 Å². The third-order valence-corrected chi connectivity index (χ3v) is 2.87. The SMILES string of the molecule is N[C@@H](CO)C(=O)NCC(=O)N[C@@H](Cc1ccccc1)C(=O)O. The molecular formula is C14H19N3O5. The fraction of sp³-hybridized carbons (Fsp3) is 0.357. The fourth-order valence-corrected chi connectivity index (χ4v) is 1.68. The van der Waals surface area contributed by atoms with Gasteiger partial charge in [-0.25, -0.2) is 4.79 Å². The molecule has 0 fully saturated rings. The average Bonchev–Trinajstić information content (AvgIpc) is 2.52. The lowest BCUT2D eigenvalue weighted by atomic mass is 10.1. The number of carbonyl (C=O) groups is 3. The Hall–Kier alpha value is -2.45. The van der Waals surface area contributed by atoms with E-state index in [2.05, 4.69) is 10.6 Å². The number of hydrogen-bond acceptors (Lipinski definition) is 5. The molecule has 0 aliphatic rings. The first-order valence-electron chi connectivity index (χ1n) is 6.64. The summed E-state index contributed by atoms with van der Waals surface area (Å²) < 4.78 is 0. The van der Waals surface area contributed by atoms with Crippen molar-refractivity contribution in [2.24, 2.45) is 5.73 Å². The van der Waals surface area contributed by atoms with Gasteiger partial charge in [-0.15, -0.1) is 0 Å². The summed E-state index contributed by atoms with van der Waals surface area (Å²) >= 11 is 0. The van der Waals surface area contributed by atoms with Crippen LogP contribution in [-0.2, 0) is 20.8 Å². The van der Waals surface area contributed by atoms with Crippen molar-refractivity contribution in [2.45, 2.75) is 18.5 Å². The summed E-state index contributed by atoms with van der Waals surface area (Å²) in [5.74, 6) is -2.51. The standard InChI is InChI=1S/C14H19N3O5/c15-10(8-18)13(20)16-7-12(19)17-11(14(21)22)6-9-4-2-1-3-5-9/h1-5,10-11,18H,6-8,15H2,(H,16,20)(H,17,19)(H,21,22)/t10-,11-/m0/s1. The number of hydrogen-bond donors (Lipinski definition) is 5. The number of carboxylic acid groups (broad SMARTS) is 1. The number of aliphatic carboxylic acids is 1. The van der Waals surface area contributed by atoms with Gasteiger partial charge in [-0.1, -0.05) is 30.3 Å². The molecular weight excluding hydrogens is 290 g/mol. The van der Waals surface area contributed by atoms with Crippen molar-refractivity contribution >= 4 is 17.8 Å². The third-order valence-electron chi connectivity index (χ3n) is 2.87. The molecule has 1 rings (SSSR count). The Bertz CT molecular complexity index is 520. The van der Waals surface area contributed by atoms with Gasteiger partial charge in [0, 0.05) is 6.42 Å². The Labute approximate surface area is 127 Å². The van der Waals surface area contributed by atoms with Gasteiger partial charge in [0.2, 0.25) is 11.8 Å². The Morgan fingerprint density at radius 2 is 1.82 bits per heavy atom. The Kier molecular flexibility index (Phi) is 7.00. The molecule has 0 aliphatic heterocycles. The van der Waals surface area contributed by atoms with Crippen LogP contribution in [0.5, 0.6) is 0 Å². The normalized spacial score (nSPS) is 13.0. The van der Waals surface area contributed by atoms with E-state index in [4.69, 9.17) is 15.9 Å². The second-order valence-corrected chi connectivity index (χ2v) is 4.65. The average molecular weight is 309 g/mol. The number of aliphatic hydroxyl groups excluding tert-OH is 1. The largest absolute Gasteiger partial charge is 0.480 e. The highest BCUT2D eigenvalue weighted by Gasteiger charge is 2.21. The molecule has 6 N–H and O–H groups in total. The van der Waals surface area contributed by atoms with E-state index in [1.54, 1.807) is 30.3 Å². The van der Waals surface area contributed by atoms with Gasteiger partial charge in [0.25, 0.3) is 0 Å². The fourth-order valence-electron chi connectivity index (χ4n) is 1.68. The van der Waals surface area contributed by atoms with Crippen LogP contribution in [0.4, 0.5) is 0 Å². The van der Waals surface area contributed by atoms with E-state index in [1.165, 1.54) is 0 Å². The number of carboxylic acids is 1. The van der Waals surface area contributed by atoms with Crippen molar-refractivity contribution in [1.82, 2.24) is 10.6 Å². The van der Waals surface area contributed by atoms with Crippen LogP contribution in [0.15, 0.2) is 30.3 Å². The molecule has 0 radical (unpaired) electrons. The minimum atomic E-state index is -1.17. The van der Waals surface area contributed by atoms with Crippen molar-refractivity contribution in [3.05, 3.63) is 35.9 Å². The molecule has 2 amide bonds. The van der Waals surface area contributed by atoms with E-state index in [0.29, 0.717) is 0 Å². The second kappa shape index (κ2) is 8.75. The third kappa shape index (κ3) is 5.90. The molecule has 8 heteroatoms. The topological polar surface area (TPSA) is 142 Å². The van der Waals surface area contributed by atoms with Crippen LogP contribution in [0, 0.1) is 0 Å². The zero-order valence-electron chi connectivity index (χ0n) is 11.9. The monoisotopic (exact) mass is 309 g/mol.